The fourth-order valence-corrected chi connectivity index (χ4v) is 6.26. The molecule has 1 fully saturated rings. The Morgan fingerprint density at radius 2 is 1.85 bits per heavy atom. The number of anilines is 1. The highest BCUT2D eigenvalue weighted by atomic mass is 32.2. The quantitative estimate of drug-likeness (QED) is 0.368. The van der Waals surface area contributed by atoms with E-state index < -0.39 is 38.5 Å². The molecule has 3 atom stereocenters. The third-order valence-corrected chi connectivity index (χ3v) is 8.38. The van der Waals surface area contributed by atoms with Crippen molar-refractivity contribution in [2.75, 3.05) is 19.4 Å². The molecule has 13 heteroatoms. The van der Waals surface area contributed by atoms with Crippen LogP contribution in [0.5, 0.6) is 5.75 Å². The zero-order valence-corrected chi connectivity index (χ0v) is 21.9. The van der Waals surface area contributed by atoms with E-state index in [0.717, 1.165) is 12.4 Å². The van der Waals surface area contributed by atoms with Gasteiger partial charge in [-0.05, 0) is 69.1 Å². The lowest BCUT2D eigenvalue weighted by Crippen LogP contribution is -2.47. The van der Waals surface area contributed by atoms with Gasteiger partial charge in [-0.1, -0.05) is 12.1 Å². The highest BCUT2D eigenvalue weighted by Gasteiger charge is 2.35. The van der Waals surface area contributed by atoms with Crippen LogP contribution in [0.25, 0.3) is 0 Å². The maximum absolute atomic E-state index is 15.1. The van der Waals surface area contributed by atoms with Gasteiger partial charge in [-0.2, -0.15) is 0 Å². The van der Waals surface area contributed by atoms with E-state index in [-0.39, 0.29) is 35.1 Å². The molecule has 1 aliphatic carbocycles. The predicted molar refractivity (Wildman–Crippen MR) is 134 cm³/mol. The molecule has 0 spiro atoms. The lowest BCUT2D eigenvalue weighted by Gasteiger charge is -2.41. The number of nitrogens with one attached hydrogen (secondary N) is 1. The molecular formula is C26H27F5N4O3S. The Morgan fingerprint density at radius 1 is 1.08 bits per heavy atom. The molecule has 0 saturated heterocycles. The summed E-state index contributed by atoms with van der Waals surface area (Å²) in [4.78, 5) is 8.68. The second kappa shape index (κ2) is 11.4. The van der Waals surface area contributed by atoms with Crippen LogP contribution in [-0.2, 0) is 15.6 Å². The van der Waals surface area contributed by atoms with E-state index in [1.54, 1.807) is 6.07 Å². The van der Waals surface area contributed by atoms with E-state index in [1.807, 2.05) is 19.0 Å². The smallest absolute Gasteiger partial charge is 0.406 e. The first-order chi connectivity index (χ1) is 18.3. The number of benzene rings is 2. The third kappa shape index (κ3) is 7.21. The van der Waals surface area contributed by atoms with Gasteiger partial charge in [0.05, 0.1) is 17.1 Å². The molecule has 0 unspecified atom stereocenters. The number of hydrogen-bond donors (Lipinski definition) is 1. The zero-order valence-electron chi connectivity index (χ0n) is 21.1. The molecule has 7 nitrogen and oxygen atoms in total. The van der Waals surface area contributed by atoms with E-state index in [0.29, 0.717) is 30.9 Å². The van der Waals surface area contributed by atoms with Gasteiger partial charge in [0.1, 0.15) is 28.6 Å². The molecule has 1 N–H and O–H groups in total. The number of halogens is 5. The number of rotatable bonds is 8. The maximum Gasteiger partial charge on any atom is 0.573 e. The van der Waals surface area contributed by atoms with Crippen LogP contribution in [0.4, 0.5) is 27.6 Å². The molecule has 2 aromatic carbocycles. The summed E-state index contributed by atoms with van der Waals surface area (Å²) in [6.45, 7) is 0. The lowest BCUT2D eigenvalue weighted by atomic mass is 9.78. The Balaban J connectivity index is 1.50. The fraction of sp³-hybridized carbons (Fsp3) is 0.385. The van der Waals surface area contributed by atoms with Gasteiger partial charge in [-0.15, -0.1) is 13.2 Å². The SMILES string of the molecule is CN(C)[C@H]1C[C@@H](c2cccc(OC(F)(F)F)c2)CC[C@@H]1Nc1cc(F)c(S(=O)(=O)Cc2ccncn2)cc1F. The summed E-state index contributed by atoms with van der Waals surface area (Å²) in [5.41, 5.74) is 0.662. The number of hydrogen-bond acceptors (Lipinski definition) is 7. The molecule has 210 valence electrons. The molecule has 4 rings (SSSR count). The first-order valence-corrected chi connectivity index (χ1v) is 13.7. The number of aromatic nitrogens is 2. The van der Waals surface area contributed by atoms with Crippen LogP contribution < -0.4 is 10.1 Å². The molecule has 1 saturated carbocycles. The molecule has 0 bridgehead atoms. The predicted octanol–water partition coefficient (Wildman–Crippen LogP) is 5.31. The summed E-state index contributed by atoms with van der Waals surface area (Å²) < 4.78 is 97.5. The van der Waals surface area contributed by atoms with Crippen molar-refractivity contribution in [1.29, 1.82) is 0 Å². The lowest BCUT2D eigenvalue weighted by molar-refractivity contribution is -0.274. The van der Waals surface area contributed by atoms with Crippen molar-refractivity contribution >= 4 is 15.5 Å². The first-order valence-electron chi connectivity index (χ1n) is 12.1. The van der Waals surface area contributed by atoms with E-state index in [9.17, 15) is 26.0 Å². The largest absolute Gasteiger partial charge is 0.573 e. The van der Waals surface area contributed by atoms with Crippen LogP contribution in [0.1, 0.15) is 36.4 Å². The number of likely N-dealkylation sites (N-methyl/N-ethyl adjacent to an activating group) is 1. The molecule has 1 heterocycles. The summed E-state index contributed by atoms with van der Waals surface area (Å²) in [7, 11) is -0.567. The number of ether oxygens (including phenoxy) is 1. The van der Waals surface area contributed by atoms with Crippen LogP contribution in [0.15, 0.2) is 59.9 Å². The van der Waals surface area contributed by atoms with Crippen LogP contribution >= 0.6 is 0 Å². The zero-order chi connectivity index (χ0) is 28.4. The summed E-state index contributed by atoms with van der Waals surface area (Å²) in [6.07, 6.45) is -0.658. The van der Waals surface area contributed by atoms with Crippen LogP contribution in [0, 0.1) is 11.6 Å². The topological polar surface area (TPSA) is 84.4 Å². The van der Waals surface area contributed by atoms with E-state index in [1.165, 1.54) is 30.5 Å². The number of nitrogens with zero attached hydrogens (tertiary/aromatic N) is 3. The Hall–Kier alpha value is -3.32. The van der Waals surface area contributed by atoms with Crippen LogP contribution in [-0.4, -0.2) is 55.8 Å². The molecule has 1 aliphatic rings. The van der Waals surface area contributed by atoms with Crippen molar-refractivity contribution < 1.29 is 35.1 Å². The van der Waals surface area contributed by atoms with Gasteiger partial charge in [0.2, 0.25) is 0 Å². The molecule has 0 radical (unpaired) electrons. The molecular weight excluding hydrogens is 543 g/mol. The van der Waals surface area contributed by atoms with Gasteiger partial charge in [-0.25, -0.2) is 27.2 Å². The summed E-state index contributed by atoms with van der Waals surface area (Å²) in [6, 6.07) is 8.21. The van der Waals surface area contributed by atoms with Gasteiger partial charge in [0.25, 0.3) is 0 Å². The fourth-order valence-electron chi connectivity index (χ4n) is 4.91. The van der Waals surface area contributed by atoms with Crippen molar-refractivity contribution in [1.82, 2.24) is 14.9 Å². The molecule has 39 heavy (non-hydrogen) atoms. The summed E-state index contributed by atoms with van der Waals surface area (Å²) in [5.74, 6) is -3.00. The first kappa shape index (κ1) is 28.7. The Morgan fingerprint density at radius 3 is 2.51 bits per heavy atom. The highest BCUT2D eigenvalue weighted by molar-refractivity contribution is 7.90. The normalized spacial score (nSPS) is 20.2. The Labute approximate surface area is 223 Å². The molecule has 1 aromatic heterocycles. The van der Waals surface area contributed by atoms with E-state index in [2.05, 4.69) is 20.0 Å². The van der Waals surface area contributed by atoms with Crippen molar-refractivity contribution in [3.8, 4) is 5.75 Å². The van der Waals surface area contributed by atoms with E-state index >= 15 is 4.39 Å². The van der Waals surface area contributed by atoms with Gasteiger partial charge in [0, 0.05) is 24.3 Å². The Bertz CT molecular complexity index is 1400. The number of alkyl halides is 3. The van der Waals surface area contributed by atoms with Crippen LogP contribution in [0.2, 0.25) is 0 Å². The van der Waals surface area contributed by atoms with Gasteiger partial charge < -0.3 is 15.0 Å². The minimum atomic E-state index is -4.80. The average Bonchev–Trinajstić information content (AvgIpc) is 2.85. The molecule has 3 aromatic rings. The maximum atomic E-state index is 15.1. The van der Waals surface area contributed by atoms with Gasteiger partial charge in [0.15, 0.2) is 9.84 Å². The van der Waals surface area contributed by atoms with Gasteiger partial charge >= 0.3 is 6.36 Å². The summed E-state index contributed by atoms with van der Waals surface area (Å²) >= 11 is 0. The highest BCUT2D eigenvalue weighted by Crippen LogP contribution is 2.38. The number of sulfone groups is 1. The third-order valence-electron chi connectivity index (χ3n) is 6.72. The minimum absolute atomic E-state index is 0.0804. The average molecular weight is 571 g/mol. The van der Waals surface area contributed by atoms with Crippen molar-refractivity contribution in [3.63, 3.8) is 0 Å². The second-order valence-electron chi connectivity index (χ2n) is 9.63. The second-order valence-corrected chi connectivity index (χ2v) is 11.6. The monoisotopic (exact) mass is 570 g/mol. The molecule has 0 aliphatic heterocycles. The molecule has 0 amide bonds. The van der Waals surface area contributed by atoms with Crippen molar-refractivity contribution in [2.24, 2.45) is 0 Å². The van der Waals surface area contributed by atoms with Crippen LogP contribution in [0.3, 0.4) is 0 Å². The van der Waals surface area contributed by atoms with Crippen molar-refractivity contribution in [3.05, 3.63) is 77.9 Å². The summed E-state index contributed by atoms with van der Waals surface area (Å²) in [5, 5.41) is 3.02. The van der Waals surface area contributed by atoms with E-state index in [4.69, 9.17) is 0 Å². The van der Waals surface area contributed by atoms with Crippen molar-refractivity contribution in [2.45, 2.75) is 54.3 Å². The Kier molecular flexibility index (Phi) is 8.40. The standard InChI is InChI=1S/C26H27F5N4O3S/c1-35(2)24-11-17(16-4-3-5-19(10-16)38-26(29,30)31)6-7-22(24)34-23-12-21(28)25(13-20(23)27)39(36,37)14-18-8-9-32-15-33-18/h3-5,8-10,12-13,15,17,22,24,34H,6-7,11,14H2,1-2H3/t17-,22-,24-/m0/s1. The van der Waals surface area contributed by atoms with Gasteiger partial charge in [-0.3, -0.25) is 0 Å². The minimum Gasteiger partial charge on any atom is -0.406 e.